The molecule has 0 spiro atoms. The summed E-state index contributed by atoms with van der Waals surface area (Å²) in [6.07, 6.45) is 0. The molecule has 0 amide bonds. The zero-order chi connectivity index (χ0) is 13.1. The van der Waals surface area contributed by atoms with Gasteiger partial charge in [-0.3, -0.25) is 4.79 Å². The van der Waals surface area contributed by atoms with E-state index in [0.29, 0.717) is 4.47 Å². The van der Waals surface area contributed by atoms with Crippen LogP contribution in [0.15, 0.2) is 33.6 Å². The number of halogens is 1. The van der Waals surface area contributed by atoms with E-state index in [4.69, 9.17) is 10.2 Å². The Bertz CT molecular complexity index is 516. The molecule has 94 valence electrons. The molecule has 17 heavy (non-hydrogen) atoms. The van der Waals surface area contributed by atoms with E-state index in [-0.39, 0.29) is 4.90 Å². The molecule has 1 atom stereocenters. The monoisotopic (exact) mass is 323 g/mol. The molecule has 0 aliphatic rings. The van der Waals surface area contributed by atoms with Crippen LogP contribution in [0.5, 0.6) is 0 Å². The lowest BCUT2D eigenvalue weighted by molar-refractivity contribution is -0.139. The van der Waals surface area contributed by atoms with Crippen LogP contribution in [0.1, 0.15) is 0 Å². The minimum atomic E-state index is -3.96. The van der Waals surface area contributed by atoms with Gasteiger partial charge in [0.15, 0.2) is 0 Å². The van der Waals surface area contributed by atoms with E-state index in [1.54, 1.807) is 6.07 Å². The highest BCUT2D eigenvalue weighted by molar-refractivity contribution is 9.10. The van der Waals surface area contributed by atoms with Gasteiger partial charge in [-0.25, -0.2) is 8.42 Å². The summed E-state index contributed by atoms with van der Waals surface area (Å²) in [5, 5.41) is 17.4. The average Bonchev–Trinajstić information content (AvgIpc) is 2.25. The molecular formula is C9H10BrNO5S. The molecule has 0 aliphatic carbocycles. The van der Waals surface area contributed by atoms with Crippen LogP contribution in [0, 0.1) is 0 Å². The highest BCUT2D eigenvalue weighted by atomic mass is 79.9. The van der Waals surface area contributed by atoms with E-state index in [9.17, 15) is 13.2 Å². The molecule has 0 fully saturated rings. The van der Waals surface area contributed by atoms with Crippen LogP contribution in [0.2, 0.25) is 0 Å². The summed E-state index contributed by atoms with van der Waals surface area (Å²) >= 11 is 3.11. The summed E-state index contributed by atoms with van der Waals surface area (Å²) in [4.78, 5) is 10.5. The molecule has 8 heteroatoms. The molecule has 1 rings (SSSR count). The molecule has 0 aromatic heterocycles. The number of aliphatic hydroxyl groups excluding tert-OH is 1. The van der Waals surface area contributed by atoms with Gasteiger partial charge in [-0.05, 0) is 18.2 Å². The largest absolute Gasteiger partial charge is 0.480 e. The van der Waals surface area contributed by atoms with Crippen molar-refractivity contribution in [1.29, 1.82) is 0 Å². The minimum Gasteiger partial charge on any atom is -0.480 e. The minimum absolute atomic E-state index is 0.0772. The van der Waals surface area contributed by atoms with Gasteiger partial charge in [-0.2, -0.15) is 4.72 Å². The third-order valence-corrected chi connectivity index (χ3v) is 3.85. The van der Waals surface area contributed by atoms with Crippen LogP contribution in [0.4, 0.5) is 0 Å². The van der Waals surface area contributed by atoms with E-state index < -0.39 is 28.6 Å². The number of rotatable bonds is 5. The molecule has 1 aromatic carbocycles. The van der Waals surface area contributed by atoms with Crippen LogP contribution in [-0.2, 0) is 14.8 Å². The van der Waals surface area contributed by atoms with Gasteiger partial charge in [0.1, 0.15) is 6.04 Å². The quantitative estimate of drug-likeness (QED) is 0.716. The number of hydrogen-bond acceptors (Lipinski definition) is 4. The van der Waals surface area contributed by atoms with Crippen LogP contribution in [-0.4, -0.2) is 37.2 Å². The number of aliphatic carboxylic acids is 1. The molecule has 0 bridgehead atoms. The second kappa shape index (κ2) is 5.58. The van der Waals surface area contributed by atoms with E-state index in [0.717, 1.165) is 0 Å². The van der Waals surface area contributed by atoms with Crippen LogP contribution in [0.3, 0.4) is 0 Å². The highest BCUT2D eigenvalue weighted by Crippen LogP contribution is 2.16. The summed E-state index contributed by atoms with van der Waals surface area (Å²) < 4.78 is 25.9. The Labute approximate surface area is 106 Å². The molecule has 0 radical (unpaired) electrons. The van der Waals surface area contributed by atoms with Crippen LogP contribution < -0.4 is 4.72 Å². The molecule has 6 nitrogen and oxygen atoms in total. The van der Waals surface area contributed by atoms with Crippen molar-refractivity contribution in [3.63, 3.8) is 0 Å². The average molecular weight is 324 g/mol. The zero-order valence-electron chi connectivity index (χ0n) is 8.50. The van der Waals surface area contributed by atoms with Gasteiger partial charge >= 0.3 is 5.97 Å². The second-order valence-corrected chi connectivity index (χ2v) is 5.78. The van der Waals surface area contributed by atoms with Crippen molar-refractivity contribution in [3.05, 3.63) is 28.7 Å². The van der Waals surface area contributed by atoms with Crippen molar-refractivity contribution in [1.82, 2.24) is 4.72 Å². The van der Waals surface area contributed by atoms with Crippen molar-refractivity contribution in [2.45, 2.75) is 10.9 Å². The first-order valence-electron chi connectivity index (χ1n) is 4.48. The normalized spacial score (nSPS) is 13.3. The van der Waals surface area contributed by atoms with Crippen molar-refractivity contribution in [3.8, 4) is 0 Å². The predicted molar refractivity (Wildman–Crippen MR) is 63.0 cm³/mol. The first kappa shape index (κ1) is 14.1. The van der Waals surface area contributed by atoms with Crippen molar-refractivity contribution in [2.75, 3.05) is 6.61 Å². The summed E-state index contributed by atoms with van der Waals surface area (Å²) in [5.74, 6) is -1.44. The number of carboxylic acid groups (broad SMARTS) is 1. The standard InChI is InChI=1S/C9H10BrNO5S/c10-6-2-1-3-7(4-6)17(15,16)11-8(5-12)9(13)14/h1-4,8,11-12H,5H2,(H,13,14)/t8-/m1/s1. The third kappa shape index (κ3) is 3.77. The first-order valence-corrected chi connectivity index (χ1v) is 6.76. The Kier molecular flexibility index (Phi) is 4.63. The number of nitrogens with one attached hydrogen (secondary N) is 1. The van der Waals surface area contributed by atoms with Gasteiger partial charge in [0, 0.05) is 4.47 Å². The van der Waals surface area contributed by atoms with Gasteiger partial charge in [-0.1, -0.05) is 22.0 Å². The lowest BCUT2D eigenvalue weighted by Gasteiger charge is -2.12. The van der Waals surface area contributed by atoms with Gasteiger partial charge in [0.05, 0.1) is 11.5 Å². The summed E-state index contributed by atoms with van der Waals surface area (Å²) in [7, 11) is -3.96. The summed E-state index contributed by atoms with van der Waals surface area (Å²) in [5.41, 5.74) is 0. The molecule has 0 aliphatic heterocycles. The third-order valence-electron chi connectivity index (χ3n) is 1.88. The van der Waals surface area contributed by atoms with Gasteiger partial charge in [0.2, 0.25) is 10.0 Å². The fraction of sp³-hybridized carbons (Fsp3) is 0.222. The Morgan fingerprint density at radius 1 is 1.47 bits per heavy atom. The van der Waals surface area contributed by atoms with E-state index in [1.165, 1.54) is 18.2 Å². The first-order chi connectivity index (χ1) is 7.86. The summed E-state index contributed by atoms with van der Waals surface area (Å²) in [6.45, 7) is -0.817. The van der Waals surface area contributed by atoms with Crippen molar-refractivity contribution < 1.29 is 23.4 Å². The topological polar surface area (TPSA) is 104 Å². The van der Waals surface area contributed by atoms with Gasteiger partial charge in [0.25, 0.3) is 0 Å². The Morgan fingerprint density at radius 2 is 2.12 bits per heavy atom. The molecule has 0 saturated heterocycles. The lowest BCUT2D eigenvalue weighted by Crippen LogP contribution is -2.43. The summed E-state index contributed by atoms with van der Waals surface area (Å²) in [6, 6.07) is 4.24. The SMILES string of the molecule is O=C(O)[C@@H](CO)NS(=O)(=O)c1cccc(Br)c1. The Balaban J connectivity index is 3.00. The molecular weight excluding hydrogens is 314 g/mol. The maximum Gasteiger partial charge on any atom is 0.324 e. The number of benzene rings is 1. The molecule has 0 saturated carbocycles. The fourth-order valence-corrected chi connectivity index (χ4v) is 2.83. The van der Waals surface area contributed by atoms with E-state index in [1.807, 2.05) is 4.72 Å². The van der Waals surface area contributed by atoms with Crippen LogP contribution in [0.25, 0.3) is 0 Å². The number of hydrogen-bond donors (Lipinski definition) is 3. The molecule has 3 N–H and O–H groups in total. The maximum atomic E-state index is 11.8. The molecule has 0 unspecified atom stereocenters. The van der Waals surface area contributed by atoms with E-state index >= 15 is 0 Å². The van der Waals surface area contributed by atoms with Gasteiger partial charge < -0.3 is 10.2 Å². The molecule has 0 heterocycles. The maximum absolute atomic E-state index is 11.8. The number of aliphatic hydroxyl groups is 1. The smallest absolute Gasteiger partial charge is 0.324 e. The number of carbonyl (C=O) groups is 1. The zero-order valence-corrected chi connectivity index (χ0v) is 10.9. The van der Waals surface area contributed by atoms with Crippen molar-refractivity contribution in [2.24, 2.45) is 0 Å². The number of carboxylic acids is 1. The Morgan fingerprint density at radius 3 is 2.59 bits per heavy atom. The Hall–Kier alpha value is -0.960. The second-order valence-electron chi connectivity index (χ2n) is 3.15. The molecule has 1 aromatic rings. The highest BCUT2D eigenvalue weighted by Gasteiger charge is 2.24. The van der Waals surface area contributed by atoms with Gasteiger partial charge in [-0.15, -0.1) is 0 Å². The lowest BCUT2D eigenvalue weighted by atomic mass is 10.3. The van der Waals surface area contributed by atoms with Crippen LogP contribution >= 0.6 is 15.9 Å². The number of sulfonamides is 1. The van der Waals surface area contributed by atoms with Crippen molar-refractivity contribution >= 4 is 31.9 Å². The fourth-order valence-electron chi connectivity index (χ4n) is 1.06. The van der Waals surface area contributed by atoms with E-state index in [2.05, 4.69) is 15.9 Å². The predicted octanol–water partition coefficient (Wildman–Crippen LogP) is 0.173.